The minimum absolute atomic E-state index is 0.0277. The summed E-state index contributed by atoms with van der Waals surface area (Å²) in [5.41, 5.74) is 3.07. The van der Waals surface area contributed by atoms with Crippen molar-refractivity contribution in [2.24, 2.45) is 0 Å². The zero-order chi connectivity index (χ0) is 24.6. The maximum absolute atomic E-state index is 11.8. The van der Waals surface area contributed by atoms with Gasteiger partial charge in [0.2, 0.25) is 6.79 Å². The first-order valence-electron chi connectivity index (χ1n) is 10.5. The number of hydrogen-bond acceptors (Lipinski definition) is 7. The maximum atomic E-state index is 11.8. The molecule has 178 valence electrons. The highest BCUT2D eigenvalue weighted by Crippen LogP contribution is 2.34. The normalized spacial score (nSPS) is 12.1. The van der Waals surface area contributed by atoms with E-state index in [9.17, 15) is 10.1 Å². The zero-order valence-electron chi connectivity index (χ0n) is 19.9. The molecule has 0 unspecified atom stereocenters. The summed E-state index contributed by atoms with van der Waals surface area (Å²) in [6.07, 6.45) is 1.07. The van der Waals surface area contributed by atoms with Gasteiger partial charge in [-0.15, -0.1) is 0 Å². The average Bonchev–Trinajstić information content (AvgIpc) is 3.06. The molecule has 0 spiro atoms. The van der Waals surface area contributed by atoms with Gasteiger partial charge in [-0.05, 0) is 36.6 Å². The molecule has 33 heavy (non-hydrogen) atoms. The van der Waals surface area contributed by atoms with Gasteiger partial charge in [-0.25, -0.2) is 4.79 Å². The first-order chi connectivity index (χ1) is 15.6. The van der Waals surface area contributed by atoms with Crippen LogP contribution in [0.4, 0.5) is 4.79 Å². The van der Waals surface area contributed by atoms with Crippen LogP contribution >= 0.6 is 23.4 Å². The molecule has 0 aliphatic heterocycles. The topological polar surface area (TPSA) is 86.4 Å². The number of carbonyl (C=O) groups excluding carboxylic acids is 1. The summed E-state index contributed by atoms with van der Waals surface area (Å²) in [5.74, 6) is 0.847. The molecule has 0 saturated carbocycles. The number of nitriles is 1. The highest BCUT2D eigenvalue weighted by Gasteiger charge is 2.24. The van der Waals surface area contributed by atoms with Gasteiger partial charge in [0, 0.05) is 12.3 Å². The van der Waals surface area contributed by atoms with Gasteiger partial charge in [-0.2, -0.15) is 22.1 Å². The third-order valence-corrected chi connectivity index (χ3v) is 5.86. The monoisotopic (exact) mass is 491 g/mol. The van der Waals surface area contributed by atoms with Crippen molar-refractivity contribution in [3.8, 4) is 6.07 Å². The van der Waals surface area contributed by atoms with Gasteiger partial charge in [-0.3, -0.25) is 4.68 Å². The first-order valence-corrected chi connectivity index (χ1v) is 12.3. The summed E-state index contributed by atoms with van der Waals surface area (Å²) < 4.78 is 17.5. The predicted molar refractivity (Wildman–Crippen MR) is 132 cm³/mol. The Kier molecular flexibility index (Phi) is 9.69. The number of nitrogens with zero attached hydrogens (tertiary/aromatic N) is 3. The van der Waals surface area contributed by atoms with E-state index in [0.717, 1.165) is 5.56 Å². The molecule has 0 saturated heterocycles. The quantitative estimate of drug-likeness (QED) is 0.139. The van der Waals surface area contributed by atoms with Crippen LogP contribution in [0.5, 0.6) is 0 Å². The van der Waals surface area contributed by atoms with Crippen molar-refractivity contribution in [2.75, 3.05) is 25.4 Å². The third-order valence-electron chi connectivity index (χ3n) is 4.83. The lowest BCUT2D eigenvalue weighted by Gasteiger charge is -2.19. The fourth-order valence-corrected chi connectivity index (χ4v) is 3.51. The van der Waals surface area contributed by atoms with Crippen molar-refractivity contribution < 1.29 is 19.0 Å². The highest BCUT2D eigenvalue weighted by atomic mass is 35.5. The van der Waals surface area contributed by atoms with Crippen LogP contribution in [0.3, 0.4) is 0 Å². The van der Waals surface area contributed by atoms with E-state index in [-0.39, 0.29) is 23.4 Å². The summed E-state index contributed by atoms with van der Waals surface area (Å²) in [5, 5.41) is 14.9. The molecule has 0 atom stereocenters. The van der Waals surface area contributed by atoms with E-state index in [2.05, 4.69) is 31.9 Å². The Hall–Kier alpha value is -2.63. The van der Waals surface area contributed by atoms with Crippen LogP contribution in [0.25, 0.3) is 11.3 Å². The summed E-state index contributed by atoms with van der Waals surface area (Å²) in [7, 11) is 0. The van der Waals surface area contributed by atoms with Gasteiger partial charge in [-0.1, -0.05) is 56.6 Å². The Labute approximate surface area is 204 Å². The second kappa shape index (κ2) is 12.0. The standard InChI is InChI=1S/C24H30ClN3O4S/c1-7-28-21(20(25)16(2)27-28)22(31-15-32-23(29)30-12-13-33-6)19(14-26)17-8-10-18(11-9-17)24(3,4)5/h8-11H,7,12-13,15H2,1-6H3/b22-19-. The summed E-state index contributed by atoms with van der Waals surface area (Å²) >= 11 is 8.10. The molecule has 0 amide bonds. The molecule has 1 aromatic heterocycles. The van der Waals surface area contributed by atoms with E-state index >= 15 is 0 Å². The van der Waals surface area contributed by atoms with Crippen molar-refractivity contribution in [2.45, 2.75) is 46.6 Å². The average molecular weight is 492 g/mol. The Morgan fingerprint density at radius 3 is 2.42 bits per heavy atom. The number of allylic oxidation sites excluding steroid dienone is 1. The number of hydrogen-bond donors (Lipinski definition) is 0. The van der Waals surface area contributed by atoms with Gasteiger partial charge < -0.3 is 14.2 Å². The molecule has 0 N–H and O–H groups in total. The number of carbonyl (C=O) groups is 1. The Morgan fingerprint density at radius 2 is 1.88 bits per heavy atom. The molecule has 0 aliphatic carbocycles. The van der Waals surface area contributed by atoms with Gasteiger partial charge in [0.25, 0.3) is 0 Å². The van der Waals surface area contributed by atoms with E-state index in [1.54, 1.807) is 23.4 Å². The van der Waals surface area contributed by atoms with E-state index in [1.807, 2.05) is 37.4 Å². The summed E-state index contributed by atoms with van der Waals surface area (Å²) in [6, 6.07) is 9.92. The molecule has 1 heterocycles. The number of aromatic nitrogens is 2. The van der Waals surface area contributed by atoms with Crippen LogP contribution in [-0.2, 0) is 26.2 Å². The molecule has 2 rings (SSSR count). The smallest absolute Gasteiger partial charge is 0.453 e. The van der Waals surface area contributed by atoms with Crippen LogP contribution in [0.15, 0.2) is 24.3 Å². The number of rotatable bonds is 9. The minimum Gasteiger partial charge on any atom is -0.453 e. The van der Waals surface area contributed by atoms with E-state index in [4.69, 9.17) is 25.8 Å². The van der Waals surface area contributed by atoms with Crippen LogP contribution in [0, 0.1) is 18.3 Å². The van der Waals surface area contributed by atoms with E-state index in [1.165, 1.54) is 0 Å². The molecular formula is C24H30ClN3O4S. The SMILES string of the molecule is CCn1nc(C)c(Cl)c1/C(OCOC(=O)OCCSC)=C(\C#N)c1ccc(C(C)(C)C)cc1. The molecular weight excluding hydrogens is 462 g/mol. The molecule has 0 fully saturated rings. The van der Waals surface area contributed by atoms with Crippen molar-refractivity contribution in [1.82, 2.24) is 9.78 Å². The van der Waals surface area contributed by atoms with Crippen LogP contribution in [0.1, 0.15) is 50.2 Å². The minimum atomic E-state index is -0.845. The zero-order valence-corrected chi connectivity index (χ0v) is 21.5. The lowest BCUT2D eigenvalue weighted by Crippen LogP contribution is -2.14. The van der Waals surface area contributed by atoms with E-state index < -0.39 is 12.9 Å². The number of thioether (sulfide) groups is 1. The largest absolute Gasteiger partial charge is 0.511 e. The first kappa shape index (κ1) is 26.6. The molecule has 7 nitrogen and oxygen atoms in total. The third kappa shape index (κ3) is 6.92. The lowest BCUT2D eigenvalue weighted by molar-refractivity contribution is -0.00333. The van der Waals surface area contributed by atoms with Gasteiger partial charge >= 0.3 is 6.16 Å². The number of aryl methyl sites for hydroxylation is 2. The van der Waals surface area contributed by atoms with Gasteiger partial charge in [0.05, 0.1) is 10.7 Å². The molecule has 9 heteroatoms. The van der Waals surface area contributed by atoms with E-state index in [0.29, 0.717) is 34.3 Å². The highest BCUT2D eigenvalue weighted by molar-refractivity contribution is 7.98. The Balaban J connectivity index is 2.46. The van der Waals surface area contributed by atoms with Crippen molar-refractivity contribution in [3.63, 3.8) is 0 Å². The maximum Gasteiger partial charge on any atom is 0.511 e. The molecule has 0 aliphatic rings. The van der Waals surface area contributed by atoms with Crippen molar-refractivity contribution in [1.29, 1.82) is 5.26 Å². The molecule has 1 aromatic carbocycles. The predicted octanol–water partition coefficient (Wildman–Crippen LogP) is 6.04. The van der Waals surface area contributed by atoms with Gasteiger partial charge in [0.15, 0.2) is 5.76 Å². The number of benzene rings is 1. The fourth-order valence-electron chi connectivity index (χ4n) is 3.03. The van der Waals surface area contributed by atoms with Crippen LogP contribution in [0.2, 0.25) is 5.02 Å². The van der Waals surface area contributed by atoms with Crippen molar-refractivity contribution >= 4 is 40.9 Å². The Bertz CT molecular complexity index is 1030. The second-order valence-electron chi connectivity index (χ2n) is 8.20. The molecule has 2 aromatic rings. The van der Waals surface area contributed by atoms with Gasteiger partial charge in [0.1, 0.15) is 23.9 Å². The molecule has 0 radical (unpaired) electrons. The van der Waals surface area contributed by atoms with Crippen molar-refractivity contribution in [3.05, 3.63) is 51.8 Å². The van der Waals surface area contributed by atoms with Crippen LogP contribution < -0.4 is 0 Å². The molecule has 0 bridgehead atoms. The second-order valence-corrected chi connectivity index (χ2v) is 9.57. The number of halogens is 1. The Morgan fingerprint density at radius 1 is 1.21 bits per heavy atom. The summed E-state index contributed by atoms with van der Waals surface area (Å²) in [6.45, 7) is 10.4. The summed E-state index contributed by atoms with van der Waals surface area (Å²) in [4.78, 5) is 11.8. The fraction of sp³-hybridized carbons (Fsp3) is 0.458. The lowest BCUT2D eigenvalue weighted by atomic mass is 9.86. The van der Waals surface area contributed by atoms with Crippen LogP contribution in [-0.4, -0.2) is 41.3 Å². The number of ether oxygens (including phenoxy) is 3.